The van der Waals surface area contributed by atoms with Crippen LogP contribution in [0.2, 0.25) is 0 Å². The smallest absolute Gasteiger partial charge is 0.327 e. The van der Waals surface area contributed by atoms with E-state index in [4.69, 9.17) is 34.0 Å². The average Bonchev–Trinajstić information content (AvgIpc) is 1.96. The van der Waals surface area contributed by atoms with Crippen molar-refractivity contribution in [2.24, 2.45) is 5.73 Å². The predicted octanol–water partition coefficient (Wildman–Crippen LogP) is -0.292. The van der Waals surface area contributed by atoms with Crippen LogP contribution in [0.15, 0.2) is 0 Å². The first-order valence-corrected chi connectivity index (χ1v) is 4.27. The molecular formula is C6H10Cl2N2O3. The van der Waals surface area contributed by atoms with Gasteiger partial charge in [-0.05, 0) is 6.92 Å². The molecule has 0 bridgehead atoms. The summed E-state index contributed by atoms with van der Waals surface area (Å²) < 4.78 is 0. The van der Waals surface area contributed by atoms with Crippen LogP contribution in [-0.2, 0) is 9.59 Å². The fourth-order valence-electron chi connectivity index (χ4n) is 0.466. The molecule has 0 fully saturated rings. The van der Waals surface area contributed by atoms with Gasteiger partial charge in [0.05, 0.1) is 5.88 Å². The Hall–Kier alpha value is -0.520. The second-order valence-corrected chi connectivity index (χ2v) is 3.69. The molecule has 0 rings (SSSR count). The highest BCUT2D eigenvalue weighted by molar-refractivity contribution is 6.34. The van der Waals surface area contributed by atoms with Gasteiger partial charge in [-0.2, -0.15) is 0 Å². The van der Waals surface area contributed by atoms with Crippen molar-refractivity contribution >= 4 is 35.1 Å². The Balaban J connectivity index is 4.26. The molecule has 0 aliphatic carbocycles. The molecule has 0 heterocycles. The second kappa shape index (κ2) is 4.64. The van der Waals surface area contributed by atoms with E-state index in [1.54, 1.807) is 0 Å². The molecule has 0 saturated heterocycles. The Kier molecular flexibility index (Phi) is 4.46. The standard InChI is InChI=1S/C6H10Cl2N2O3/c1-6(8,9)5(13)10-3(2-7)4(11)12/h3H,2,9H2,1H3,(H,10,13)(H,11,12)/t3-,6-/m0/s1. The van der Waals surface area contributed by atoms with E-state index in [9.17, 15) is 9.59 Å². The maximum atomic E-state index is 11.0. The van der Waals surface area contributed by atoms with Gasteiger partial charge < -0.3 is 16.2 Å². The van der Waals surface area contributed by atoms with Crippen LogP contribution in [-0.4, -0.2) is 33.9 Å². The minimum absolute atomic E-state index is 0.242. The van der Waals surface area contributed by atoms with Crippen molar-refractivity contribution in [3.8, 4) is 0 Å². The van der Waals surface area contributed by atoms with Gasteiger partial charge in [-0.1, -0.05) is 11.6 Å². The maximum Gasteiger partial charge on any atom is 0.327 e. The summed E-state index contributed by atoms with van der Waals surface area (Å²) in [6, 6.07) is -1.17. The number of hydrogen-bond donors (Lipinski definition) is 3. The number of nitrogens with one attached hydrogen (secondary N) is 1. The molecule has 4 N–H and O–H groups in total. The number of halogens is 2. The van der Waals surface area contributed by atoms with E-state index in [0.717, 1.165) is 0 Å². The van der Waals surface area contributed by atoms with Crippen LogP contribution in [0.25, 0.3) is 0 Å². The van der Waals surface area contributed by atoms with Gasteiger partial charge in [0.25, 0.3) is 5.91 Å². The van der Waals surface area contributed by atoms with Crippen molar-refractivity contribution in [3.05, 3.63) is 0 Å². The van der Waals surface area contributed by atoms with Crippen molar-refractivity contribution in [1.82, 2.24) is 5.32 Å². The van der Waals surface area contributed by atoms with Gasteiger partial charge in [-0.25, -0.2) is 4.79 Å². The van der Waals surface area contributed by atoms with E-state index in [2.05, 4.69) is 5.32 Å². The molecule has 0 aliphatic rings. The Morgan fingerprint density at radius 2 is 2.15 bits per heavy atom. The third kappa shape index (κ3) is 4.31. The summed E-state index contributed by atoms with van der Waals surface area (Å²) in [5.74, 6) is -2.25. The van der Waals surface area contributed by atoms with Crippen LogP contribution < -0.4 is 11.1 Å². The lowest BCUT2D eigenvalue weighted by Crippen LogP contribution is -2.53. The third-order valence-electron chi connectivity index (χ3n) is 1.20. The quantitative estimate of drug-likeness (QED) is 0.456. The zero-order chi connectivity index (χ0) is 10.6. The summed E-state index contributed by atoms with van der Waals surface area (Å²) in [5, 5.41) is 10.6. The number of carbonyl (C=O) groups excluding carboxylic acids is 1. The van der Waals surface area contributed by atoms with Crippen molar-refractivity contribution < 1.29 is 14.7 Å². The Morgan fingerprint density at radius 1 is 1.69 bits per heavy atom. The van der Waals surface area contributed by atoms with Crippen LogP contribution in [0.3, 0.4) is 0 Å². The topological polar surface area (TPSA) is 92.4 Å². The zero-order valence-corrected chi connectivity index (χ0v) is 8.39. The minimum Gasteiger partial charge on any atom is -0.480 e. The Morgan fingerprint density at radius 3 is 2.38 bits per heavy atom. The molecule has 1 amide bonds. The van der Waals surface area contributed by atoms with E-state index < -0.39 is 22.9 Å². The number of rotatable bonds is 4. The fourth-order valence-corrected chi connectivity index (χ4v) is 0.729. The first-order chi connectivity index (χ1) is 5.79. The summed E-state index contributed by atoms with van der Waals surface area (Å²) in [5.41, 5.74) is 5.20. The number of carbonyl (C=O) groups is 2. The first-order valence-electron chi connectivity index (χ1n) is 3.36. The zero-order valence-electron chi connectivity index (χ0n) is 6.88. The fraction of sp³-hybridized carbons (Fsp3) is 0.667. The Bertz CT molecular complexity index is 214. The molecule has 0 radical (unpaired) electrons. The highest BCUT2D eigenvalue weighted by Gasteiger charge is 2.29. The van der Waals surface area contributed by atoms with Crippen molar-refractivity contribution in [2.45, 2.75) is 18.0 Å². The molecular weight excluding hydrogens is 219 g/mol. The van der Waals surface area contributed by atoms with Gasteiger partial charge in [-0.3, -0.25) is 4.79 Å². The highest BCUT2D eigenvalue weighted by atomic mass is 35.5. The molecule has 0 aromatic heterocycles. The van der Waals surface area contributed by atoms with E-state index in [-0.39, 0.29) is 5.88 Å². The number of carboxylic acid groups (broad SMARTS) is 1. The van der Waals surface area contributed by atoms with Gasteiger partial charge in [0.15, 0.2) is 5.00 Å². The molecule has 13 heavy (non-hydrogen) atoms. The third-order valence-corrected chi connectivity index (χ3v) is 1.68. The van der Waals surface area contributed by atoms with Gasteiger partial charge in [0.1, 0.15) is 6.04 Å². The molecule has 5 nitrogen and oxygen atoms in total. The molecule has 2 atom stereocenters. The number of alkyl halides is 2. The summed E-state index contributed by atoms with van der Waals surface area (Å²) in [7, 11) is 0. The number of aliphatic carboxylic acids is 1. The number of nitrogens with two attached hydrogens (primary N) is 1. The van der Waals surface area contributed by atoms with Crippen molar-refractivity contribution in [1.29, 1.82) is 0 Å². The van der Waals surface area contributed by atoms with Crippen LogP contribution >= 0.6 is 23.2 Å². The average molecular weight is 229 g/mol. The highest BCUT2D eigenvalue weighted by Crippen LogP contribution is 2.05. The van der Waals surface area contributed by atoms with Crippen molar-refractivity contribution in [2.75, 3.05) is 5.88 Å². The lowest BCUT2D eigenvalue weighted by molar-refractivity contribution is -0.141. The van der Waals surface area contributed by atoms with E-state index in [1.807, 2.05) is 0 Å². The summed E-state index contributed by atoms with van der Waals surface area (Å²) in [6.07, 6.45) is 0. The lowest BCUT2D eigenvalue weighted by Gasteiger charge is -2.18. The number of hydrogen-bond acceptors (Lipinski definition) is 3. The van der Waals surface area contributed by atoms with E-state index in [1.165, 1.54) is 6.92 Å². The first kappa shape index (κ1) is 12.5. The molecule has 0 aliphatic heterocycles. The molecule has 0 spiro atoms. The molecule has 0 aromatic carbocycles. The molecule has 0 aromatic rings. The normalized spacial score (nSPS) is 17.2. The summed E-state index contributed by atoms with van der Waals surface area (Å²) in [4.78, 5) is 19.8. The van der Waals surface area contributed by atoms with Crippen LogP contribution in [0.5, 0.6) is 0 Å². The predicted molar refractivity (Wildman–Crippen MR) is 48.7 cm³/mol. The van der Waals surface area contributed by atoms with Gasteiger partial charge in [0.2, 0.25) is 0 Å². The van der Waals surface area contributed by atoms with Gasteiger partial charge in [-0.15, -0.1) is 11.6 Å². The molecule has 0 saturated carbocycles. The van der Waals surface area contributed by atoms with Crippen LogP contribution in [0, 0.1) is 0 Å². The molecule has 7 heteroatoms. The van der Waals surface area contributed by atoms with Gasteiger partial charge >= 0.3 is 5.97 Å². The maximum absolute atomic E-state index is 11.0. The largest absolute Gasteiger partial charge is 0.480 e. The number of amides is 1. The SMILES string of the molecule is C[C@@](N)(Cl)C(=O)N[C@@H](CCl)C(=O)O. The van der Waals surface area contributed by atoms with E-state index >= 15 is 0 Å². The Labute approximate surface area is 85.2 Å². The molecule has 76 valence electrons. The van der Waals surface area contributed by atoms with Crippen LogP contribution in [0.4, 0.5) is 0 Å². The number of carboxylic acids is 1. The van der Waals surface area contributed by atoms with Crippen LogP contribution in [0.1, 0.15) is 6.92 Å². The minimum atomic E-state index is -1.63. The lowest BCUT2D eigenvalue weighted by atomic mass is 10.2. The summed E-state index contributed by atoms with van der Waals surface area (Å²) in [6.45, 7) is 1.25. The summed E-state index contributed by atoms with van der Waals surface area (Å²) >= 11 is 10.7. The second-order valence-electron chi connectivity index (χ2n) is 2.59. The molecule has 0 unspecified atom stereocenters. The monoisotopic (exact) mass is 228 g/mol. The van der Waals surface area contributed by atoms with Crippen molar-refractivity contribution in [3.63, 3.8) is 0 Å². The van der Waals surface area contributed by atoms with Gasteiger partial charge in [0, 0.05) is 0 Å². The van der Waals surface area contributed by atoms with E-state index in [0.29, 0.717) is 0 Å².